The van der Waals surface area contributed by atoms with E-state index in [-0.39, 0.29) is 4.83 Å². The van der Waals surface area contributed by atoms with Gasteiger partial charge >= 0.3 is 0 Å². The Kier molecular flexibility index (Phi) is 5.01. The van der Waals surface area contributed by atoms with Crippen LogP contribution in [0.25, 0.3) is 0 Å². The summed E-state index contributed by atoms with van der Waals surface area (Å²) in [6.07, 6.45) is 0. The highest BCUT2D eigenvalue weighted by Gasteiger charge is 2.19. The lowest BCUT2D eigenvalue weighted by Crippen LogP contribution is -1.96. The van der Waals surface area contributed by atoms with Crippen LogP contribution in [0.3, 0.4) is 0 Å². The molecule has 0 N–H and O–H groups in total. The van der Waals surface area contributed by atoms with E-state index in [2.05, 4.69) is 15.9 Å². The van der Waals surface area contributed by atoms with Crippen LogP contribution in [0.1, 0.15) is 15.3 Å². The number of hydrogen-bond acceptors (Lipinski definition) is 3. The van der Waals surface area contributed by atoms with Gasteiger partial charge in [-0.05, 0) is 23.8 Å². The van der Waals surface area contributed by atoms with Crippen LogP contribution in [0.4, 0.5) is 0 Å². The molecule has 1 unspecified atom stereocenters. The van der Waals surface area contributed by atoms with E-state index in [9.17, 15) is 0 Å². The fourth-order valence-corrected chi connectivity index (χ4v) is 3.95. The SMILES string of the molecule is COc1cc(Cl)c(C(Br)c2ccc(Cl)s2)cc1OC. The molecule has 0 aliphatic heterocycles. The van der Waals surface area contributed by atoms with E-state index in [4.69, 9.17) is 32.7 Å². The van der Waals surface area contributed by atoms with E-state index >= 15 is 0 Å². The molecule has 2 rings (SSSR count). The van der Waals surface area contributed by atoms with Crippen LogP contribution >= 0.6 is 50.5 Å². The lowest BCUT2D eigenvalue weighted by molar-refractivity contribution is 0.354. The molecule has 0 saturated heterocycles. The molecule has 102 valence electrons. The zero-order valence-electron chi connectivity index (χ0n) is 10.2. The Morgan fingerprint density at radius 2 is 1.74 bits per heavy atom. The summed E-state index contributed by atoms with van der Waals surface area (Å²) in [5.74, 6) is 1.26. The monoisotopic (exact) mass is 380 g/mol. The van der Waals surface area contributed by atoms with Crippen molar-refractivity contribution in [2.24, 2.45) is 0 Å². The van der Waals surface area contributed by atoms with Crippen molar-refractivity contribution in [3.63, 3.8) is 0 Å². The molecular formula is C13H11BrCl2O2S. The highest BCUT2D eigenvalue weighted by atomic mass is 79.9. The molecule has 2 aromatic rings. The van der Waals surface area contributed by atoms with Gasteiger partial charge in [-0.15, -0.1) is 11.3 Å². The van der Waals surface area contributed by atoms with Gasteiger partial charge < -0.3 is 9.47 Å². The Bertz CT molecular complexity index is 586. The average Bonchev–Trinajstić information content (AvgIpc) is 2.84. The molecular weight excluding hydrogens is 371 g/mol. The van der Waals surface area contributed by atoms with E-state index in [1.54, 1.807) is 20.3 Å². The Labute approximate surface area is 134 Å². The first-order chi connectivity index (χ1) is 9.06. The van der Waals surface area contributed by atoms with E-state index in [0.717, 1.165) is 14.8 Å². The molecule has 0 spiro atoms. The fraction of sp³-hybridized carbons (Fsp3) is 0.231. The maximum atomic E-state index is 6.29. The molecule has 1 aromatic carbocycles. The number of hydrogen-bond donors (Lipinski definition) is 0. The van der Waals surface area contributed by atoms with Gasteiger partial charge in [0.05, 0.1) is 23.4 Å². The van der Waals surface area contributed by atoms with Gasteiger partial charge in [0.1, 0.15) is 0 Å². The second kappa shape index (κ2) is 6.35. The number of halogens is 3. The maximum Gasteiger partial charge on any atom is 0.162 e. The predicted molar refractivity (Wildman–Crippen MR) is 84.7 cm³/mol. The van der Waals surface area contributed by atoms with Gasteiger partial charge in [0, 0.05) is 16.0 Å². The molecule has 0 aliphatic carbocycles. The Morgan fingerprint density at radius 1 is 1.11 bits per heavy atom. The molecule has 0 fully saturated rings. The third-order valence-corrected chi connectivity index (χ3v) is 5.53. The van der Waals surface area contributed by atoms with Crippen molar-refractivity contribution in [2.75, 3.05) is 14.2 Å². The molecule has 0 radical (unpaired) electrons. The molecule has 0 saturated carbocycles. The molecule has 19 heavy (non-hydrogen) atoms. The van der Waals surface area contributed by atoms with E-state index in [1.807, 2.05) is 18.2 Å². The minimum Gasteiger partial charge on any atom is -0.493 e. The van der Waals surface area contributed by atoms with Crippen LogP contribution in [0.2, 0.25) is 9.36 Å². The van der Waals surface area contributed by atoms with Crippen molar-refractivity contribution in [3.05, 3.63) is 44.1 Å². The van der Waals surface area contributed by atoms with Crippen LogP contribution in [-0.4, -0.2) is 14.2 Å². The highest BCUT2D eigenvalue weighted by Crippen LogP contribution is 2.43. The first-order valence-corrected chi connectivity index (χ1v) is 7.86. The summed E-state index contributed by atoms with van der Waals surface area (Å²) in [6, 6.07) is 7.46. The van der Waals surface area contributed by atoms with Crippen molar-refractivity contribution in [2.45, 2.75) is 4.83 Å². The molecule has 2 nitrogen and oxygen atoms in total. The first-order valence-electron chi connectivity index (χ1n) is 5.37. The van der Waals surface area contributed by atoms with E-state index in [1.165, 1.54) is 11.3 Å². The fourth-order valence-electron chi connectivity index (χ4n) is 1.68. The molecule has 0 aliphatic rings. The number of ether oxygens (including phenoxy) is 2. The van der Waals surface area contributed by atoms with Gasteiger partial charge in [-0.3, -0.25) is 0 Å². The van der Waals surface area contributed by atoms with Gasteiger partial charge in [-0.25, -0.2) is 0 Å². The zero-order valence-corrected chi connectivity index (χ0v) is 14.2. The average molecular weight is 382 g/mol. The minimum atomic E-state index is -0.0303. The van der Waals surface area contributed by atoms with Crippen LogP contribution in [-0.2, 0) is 0 Å². The van der Waals surface area contributed by atoms with Crippen molar-refractivity contribution in [3.8, 4) is 11.5 Å². The maximum absolute atomic E-state index is 6.29. The third kappa shape index (κ3) is 3.19. The Hall–Kier alpha value is -0.420. The summed E-state index contributed by atoms with van der Waals surface area (Å²) in [5, 5.41) is 0.615. The first kappa shape index (κ1) is 15.0. The standard InChI is InChI=1S/C13H11BrCl2O2S/c1-17-9-5-7(8(15)6-10(9)18-2)13(14)11-3-4-12(16)19-11/h3-6,13H,1-2H3. The summed E-state index contributed by atoms with van der Waals surface area (Å²) in [4.78, 5) is 1.05. The zero-order chi connectivity index (χ0) is 14.0. The van der Waals surface area contributed by atoms with Gasteiger partial charge in [0.15, 0.2) is 11.5 Å². The molecule has 1 atom stereocenters. The van der Waals surface area contributed by atoms with Crippen LogP contribution in [0.5, 0.6) is 11.5 Å². The third-order valence-electron chi connectivity index (χ3n) is 2.62. The minimum absolute atomic E-state index is 0.0303. The summed E-state index contributed by atoms with van der Waals surface area (Å²) >= 11 is 17.4. The summed E-state index contributed by atoms with van der Waals surface area (Å²) in [6.45, 7) is 0. The van der Waals surface area contributed by atoms with Crippen molar-refractivity contribution in [1.29, 1.82) is 0 Å². The number of alkyl halides is 1. The lowest BCUT2D eigenvalue weighted by Gasteiger charge is -2.14. The van der Waals surface area contributed by atoms with E-state index < -0.39 is 0 Å². The van der Waals surface area contributed by atoms with Gasteiger partial charge in [-0.2, -0.15) is 0 Å². The second-order valence-corrected chi connectivity index (χ2v) is 6.80. The Balaban J connectivity index is 2.44. The van der Waals surface area contributed by atoms with Gasteiger partial charge in [0.2, 0.25) is 0 Å². The summed E-state index contributed by atoms with van der Waals surface area (Å²) < 4.78 is 11.3. The molecule has 0 bridgehead atoms. The van der Waals surface area contributed by atoms with Crippen LogP contribution in [0, 0.1) is 0 Å². The van der Waals surface area contributed by atoms with E-state index in [0.29, 0.717) is 16.5 Å². The van der Waals surface area contributed by atoms with Crippen molar-refractivity contribution < 1.29 is 9.47 Å². The molecule has 1 aromatic heterocycles. The van der Waals surface area contributed by atoms with Gasteiger partial charge in [-0.1, -0.05) is 39.1 Å². The van der Waals surface area contributed by atoms with Crippen LogP contribution in [0.15, 0.2) is 24.3 Å². The number of methoxy groups -OCH3 is 2. The highest BCUT2D eigenvalue weighted by molar-refractivity contribution is 9.09. The molecule has 1 heterocycles. The van der Waals surface area contributed by atoms with Crippen molar-refractivity contribution >= 4 is 50.5 Å². The summed E-state index contributed by atoms with van der Waals surface area (Å²) in [7, 11) is 3.18. The predicted octanol–water partition coefficient (Wildman–Crippen LogP) is 5.56. The van der Waals surface area contributed by atoms with Gasteiger partial charge in [0.25, 0.3) is 0 Å². The number of thiophene rings is 1. The Morgan fingerprint density at radius 3 is 2.26 bits per heavy atom. The molecule has 6 heteroatoms. The topological polar surface area (TPSA) is 18.5 Å². The summed E-state index contributed by atoms with van der Waals surface area (Å²) in [5.41, 5.74) is 0.915. The molecule has 0 amide bonds. The normalized spacial score (nSPS) is 12.3. The lowest BCUT2D eigenvalue weighted by atomic mass is 10.1. The second-order valence-electron chi connectivity index (χ2n) is 3.73. The largest absolute Gasteiger partial charge is 0.493 e. The van der Waals surface area contributed by atoms with Crippen molar-refractivity contribution in [1.82, 2.24) is 0 Å². The smallest absolute Gasteiger partial charge is 0.162 e. The quantitative estimate of drug-likeness (QED) is 0.645. The number of benzene rings is 1. The van der Waals surface area contributed by atoms with Crippen LogP contribution < -0.4 is 9.47 Å². The number of rotatable bonds is 4.